The Bertz CT molecular complexity index is 583. The summed E-state index contributed by atoms with van der Waals surface area (Å²) in [6.07, 6.45) is 1.99. The maximum absolute atomic E-state index is 11.8. The minimum atomic E-state index is -0.497. The second-order valence-corrected chi connectivity index (χ2v) is 4.23. The van der Waals surface area contributed by atoms with E-state index in [0.29, 0.717) is 28.7 Å². The van der Waals surface area contributed by atoms with E-state index in [0.717, 1.165) is 0 Å². The number of hydrogen-bond acceptors (Lipinski definition) is 4. The molecule has 0 aliphatic rings. The van der Waals surface area contributed by atoms with Crippen molar-refractivity contribution in [1.82, 2.24) is 14.6 Å². The molecule has 0 aliphatic carbocycles. The fourth-order valence-corrected chi connectivity index (χ4v) is 2.13. The summed E-state index contributed by atoms with van der Waals surface area (Å²) in [5, 5.41) is 4.38. The van der Waals surface area contributed by atoms with Gasteiger partial charge in [0, 0.05) is 17.5 Å². The predicted molar refractivity (Wildman–Crippen MR) is 68.4 cm³/mol. The molecule has 0 aromatic carbocycles. The molecule has 0 unspecified atom stereocenters. The number of ether oxygens (including phenoxy) is 1. The van der Waals surface area contributed by atoms with Crippen molar-refractivity contribution in [3.63, 3.8) is 0 Å². The van der Waals surface area contributed by atoms with E-state index in [9.17, 15) is 4.79 Å². The van der Waals surface area contributed by atoms with Crippen LogP contribution >= 0.6 is 23.2 Å². The van der Waals surface area contributed by atoms with E-state index >= 15 is 0 Å². The molecular formula is C11H11Cl2N3O2. The van der Waals surface area contributed by atoms with Crippen LogP contribution in [0.2, 0.25) is 5.15 Å². The summed E-state index contributed by atoms with van der Waals surface area (Å²) in [7, 11) is 0. The van der Waals surface area contributed by atoms with E-state index in [1.807, 2.05) is 0 Å². The van der Waals surface area contributed by atoms with Crippen molar-refractivity contribution < 1.29 is 9.53 Å². The van der Waals surface area contributed by atoms with Crippen LogP contribution in [0, 0.1) is 0 Å². The number of fused-ring (bicyclic) bond motifs is 1. The molecule has 2 rings (SSSR count). The summed E-state index contributed by atoms with van der Waals surface area (Å²) in [6.45, 7) is 2.01. The molecule has 0 spiro atoms. The Kier molecular flexibility index (Phi) is 4.04. The second kappa shape index (κ2) is 5.54. The zero-order valence-electron chi connectivity index (χ0n) is 9.69. The smallest absolute Gasteiger partial charge is 0.357 e. The number of halogens is 2. The van der Waals surface area contributed by atoms with Gasteiger partial charge in [-0.2, -0.15) is 5.10 Å². The van der Waals surface area contributed by atoms with E-state index in [-0.39, 0.29) is 12.3 Å². The van der Waals surface area contributed by atoms with E-state index in [2.05, 4.69) is 10.1 Å². The van der Waals surface area contributed by atoms with Gasteiger partial charge < -0.3 is 4.74 Å². The highest BCUT2D eigenvalue weighted by atomic mass is 35.5. The van der Waals surface area contributed by atoms with Gasteiger partial charge in [-0.15, -0.1) is 11.6 Å². The number of alkyl halides is 1. The van der Waals surface area contributed by atoms with Crippen LogP contribution in [0.25, 0.3) is 5.65 Å². The van der Waals surface area contributed by atoms with Crippen molar-refractivity contribution in [1.29, 1.82) is 0 Å². The highest BCUT2D eigenvalue weighted by Crippen LogP contribution is 2.22. The van der Waals surface area contributed by atoms with Crippen LogP contribution < -0.4 is 0 Å². The van der Waals surface area contributed by atoms with Gasteiger partial charge >= 0.3 is 5.97 Å². The van der Waals surface area contributed by atoms with Crippen LogP contribution in [0.4, 0.5) is 0 Å². The molecule has 0 N–H and O–H groups in total. The fraction of sp³-hybridized carbons (Fsp3) is 0.364. The first-order valence-electron chi connectivity index (χ1n) is 5.44. The van der Waals surface area contributed by atoms with Crippen LogP contribution in [0.5, 0.6) is 0 Å². The lowest BCUT2D eigenvalue weighted by Crippen LogP contribution is -2.14. The summed E-state index contributed by atoms with van der Waals surface area (Å²) < 4.78 is 6.43. The summed E-state index contributed by atoms with van der Waals surface area (Å²) in [5.74, 6) is -0.163. The number of hydrogen-bond donors (Lipinski definition) is 0. The number of carbonyl (C=O) groups excluding carboxylic acids is 1. The van der Waals surface area contributed by atoms with Gasteiger partial charge in [-0.3, -0.25) is 0 Å². The molecule has 0 amide bonds. The number of esters is 1. The minimum Gasteiger partial charge on any atom is -0.461 e. The van der Waals surface area contributed by atoms with Gasteiger partial charge in [0.05, 0.1) is 12.8 Å². The predicted octanol–water partition coefficient (Wildman–Crippen LogP) is 2.34. The molecule has 0 fully saturated rings. The normalized spacial score (nSPS) is 10.8. The summed E-state index contributed by atoms with van der Waals surface area (Å²) in [4.78, 5) is 16.1. The maximum atomic E-state index is 11.8. The number of carbonyl (C=O) groups is 1. The van der Waals surface area contributed by atoms with Crippen molar-refractivity contribution in [2.75, 3.05) is 12.5 Å². The third-order valence-electron chi connectivity index (χ3n) is 2.38. The number of nitrogens with zero attached hydrogens (tertiary/aromatic N) is 3. The van der Waals surface area contributed by atoms with Crippen LogP contribution in [0.1, 0.15) is 23.0 Å². The SMILES string of the molecule is CCOC(=O)c1nc2ccnn2c(Cl)c1CCCl. The van der Waals surface area contributed by atoms with Crippen LogP contribution in [0.3, 0.4) is 0 Å². The third-order valence-corrected chi connectivity index (χ3v) is 2.96. The largest absolute Gasteiger partial charge is 0.461 e. The highest BCUT2D eigenvalue weighted by molar-refractivity contribution is 6.31. The lowest BCUT2D eigenvalue weighted by Gasteiger charge is -2.10. The van der Waals surface area contributed by atoms with Crippen LogP contribution in [0.15, 0.2) is 12.3 Å². The Labute approximate surface area is 114 Å². The molecular weight excluding hydrogens is 277 g/mol. The zero-order chi connectivity index (χ0) is 13.1. The summed E-state index contributed by atoms with van der Waals surface area (Å²) >= 11 is 11.9. The van der Waals surface area contributed by atoms with Gasteiger partial charge in [0.15, 0.2) is 11.3 Å². The standard InChI is InChI=1S/C11H11Cl2N3O2/c1-2-18-11(17)9-7(3-5-12)10(13)16-8(15-9)4-6-14-16/h4,6H,2-3,5H2,1H3. The molecule has 7 heteroatoms. The quantitative estimate of drug-likeness (QED) is 0.492. The highest BCUT2D eigenvalue weighted by Gasteiger charge is 2.20. The lowest BCUT2D eigenvalue weighted by molar-refractivity contribution is 0.0518. The first-order valence-corrected chi connectivity index (χ1v) is 6.35. The topological polar surface area (TPSA) is 56.5 Å². The Morgan fingerprint density at radius 1 is 1.56 bits per heavy atom. The summed E-state index contributed by atoms with van der Waals surface area (Å²) in [6, 6.07) is 1.67. The van der Waals surface area contributed by atoms with Crippen molar-refractivity contribution in [3.05, 3.63) is 28.7 Å². The van der Waals surface area contributed by atoms with E-state index in [4.69, 9.17) is 27.9 Å². The van der Waals surface area contributed by atoms with Gasteiger partial charge in [0.2, 0.25) is 0 Å². The number of rotatable bonds is 4. The molecule has 5 nitrogen and oxygen atoms in total. The summed E-state index contributed by atoms with van der Waals surface area (Å²) in [5.41, 5.74) is 1.26. The molecule has 18 heavy (non-hydrogen) atoms. The van der Waals surface area contributed by atoms with Crippen molar-refractivity contribution in [3.8, 4) is 0 Å². The van der Waals surface area contributed by atoms with Crippen molar-refractivity contribution in [2.24, 2.45) is 0 Å². The molecule has 2 heterocycles. The monoisotopic (exact) mass is 287 g/mol. The molecule has 0 saturated heterocycles. The third kappa shape index (κ3) is 2.28. The molecule has 0 saturated carbocycles. The molecule has 0 radical (unpaired) electrons. The van der Waals surface area contributed by atoms with Gasteiger partial charge in [-0.25, -0.2) is 14.3 Å². The van der Waals surface area contributed by atoms with Gasteiger partial charge in [0.1, 0.15) is 5.15 Å². The van der Waals surface area contributed by atoms with Crippen LogP contribution in [-0.4, -0.2) is 33.1 Å². The Morgan fingerprint density at radius 2 is 2.33 bits per heavy atom. The van der Waals surface area contributed by atoms with Gasteiger partial charge in [-0.05, 0) is 13.3 Å². The molecule has 0 bridgehead atoms. The average Bonchev–Trinajstić information content (AvgIpc) is 2.81. The van der Waals surface area contributed by atoms with E-state index in [1.54, 1.807) is 19.2 Å². The van der Waals surface area contributed by atoms with Crippen molar-refractivity contribution >= 4 is 34.8 Å². The Morgan fingerprint density at radius 3 is 3.00 bits per heavy atom. The molecule has 0 atom stereocenters. The molecule has 2 aromatic rings. The average molecular weight is 288 g/mol. The second-order valence-electron chi connectivity index (χ2n) is 3.49. The minimum absolute atomic E-state index is 0.204. The van der Waals surface area contributed by atoms with E-state index < -0.39 is 5.97 Å². The molecule has 0 aliphatic heterocycles. The van der Waals surface area contributed by atoms with Crippen molar-refractivity contribution in [2.45, 2.75) is 13.3 Å². The molecule has 2 aromatic heterocycles. The van der Waals surface area contributed by atoms with Gasteiger partial charge in [0.25, 0.3) is 0 Å². The Hall–Kier alpha value is -1.33. The van der Waals surface area contributed by atoms with Gasteiger partial charge in [-0.1, -0.05) is 11.6 Å². The lowest BCUT2D eigenvalue weighted by atomic mass is 10.2. The number of aromatic nitrogens is 3. The van der Waals surface area contributed by atoms with E-state index in [1.165, 1.54) is 4.52 Å². The molecule has 96 valence electrons. The first-order chi connectivity index (χ1) is 8.69. The Balaban J connectivity index is 2.61. The van der Waals surface area contributed by atoms with Crippen LogP contribution in [-0.2, 0) is 11.2 Å². The first kappa shape index (κ1) is 13.1. The fourth-order valence-electron chi connectivity index (χ4n) is 1.62. The maximum Gasteiger partial charge on any atom is 0.357 e. The zero-order valence-corrected chi connectivity index (χ0v) is 11.2.